The molecule has 1 unspecified atom stereocenters. The highest BCUT2D eigenvalue weighted by molar-refractivity contribution is 8.23. The fourth-order valence-electron chi connectivity index (χ4n) is 1.44. The van der Waals surface area contributed by atoms with E-state index in [1.807, 2.05) is 0 Å². The summed E-state index contributed by atoms with van der Waals surface area (Å²) in [5.74, 6) is -1.60. The van der Waals surface area contributed by atoms with Gasteiger partial charge in [-0.05, 0) is 24.3 Å². The van der Waals surface area contributed by atoms with Crippen molar-refractivity contribution in [1.29, 1.82) is 0 Å². The lowest BCUT2D eigenvalue weighted by molar-refractivity contribution is -0.140. The van der Waals surface area contributed by atoms with Crippen molar-refractivity contribution in [3.8, 4) is 0 Å². The maximum Gasteiger partial charge on any atom is 0.327 e. The highest BCUT2D eigenvalue weighted by atomic mass is 32.2. The third kappa shape index (κ3) is 6.95. The summed E-state index contributed by atoms with van der Waals surface area (Å²) < 4.78 is 30.9. The number of carbonyl (C=O) groups is 2. The Morgan fingerprint density at radius 2 is 1.87 bits per heavy atom. The van der Waals surface area contributed by atoms with Gasteiger partial charge in [0, 0.05) is 18.4 Å². The van der Waals surface area contributed by atoms with E-state index in [0.29, 0.717) is 5.69 Å². The molecule has 126 valence electrons. The van der Waals surface area contributed by atoms with E-state index < -0.39 is 28.0 Å². The number of anilines is 1. The van der Waals surface area contributed by atoms with Gasteiger partial charge in [-0.3, -0.25) is 9.35 Å². The Morgan fingerprint density at radius 1 is 1.30 bits per heavy atom. The number of nitrogens with one attached hydrogen (secondary N) is 2. The molecule has 1 atom stereocenters. The zero-order valence-electron chi connectivity index (χ0n) is 11.8. The quantitative estimate of drug-likeness (QED) is 0.422. The molecule has 0 saturated heterocycles. The van der Waals surface area contributed by atoms with Gasteiger partial charge in [-0.1, -0.05) is 24.0 Å². The van der Waals surface area contributed by atoms with Crippen molar-refractivity contribution in [1.82, 2.24) is 5.32 Å². The van der Waals surface area contributed by atoms with Crippen LogP contribution in [0.5, 0.6) is 0 Å². The van der Waals surface area contributed by atoms with E-state index in [-0.39, 0.29) is 15.0 Å². The van der Waals surface area contributed by atoms with Crippen molar-refractivity contribution >= 4 is 56.0 Å². The summed E-state index contributed by atoms with van der Waals surface area (Å²) in [4.78, 5) is 21.6. The molecule has 0 aliphatic heterocycles. The summed E-state index contributed by atoms with van der Waals surface area (Å²) in [5, 5.41) is 14.0. The van der Waals surface area contributed by atoms with E-state index in [0.717, 1.165) is 11.8 Å². The third-order valence-corrected chi connectivity index (χ3v) is 4.64. The molecule has 1 amide bonds. The lowest BCUT2D eigenvalue weighted by Crippen LogP contribution is -2.41. The average molecular weight is 378 g/mol. The van der Waals surface area contributed by atoms with Gasteiger partial charge in [0.2, 0.25) is 5.91 Å². The van der Waals surface area contributed by atoms with Crippen LogP contribution in [0, 0.1) is 0 Å². The highest BCUT2D eigenvalue weighted by Gasteiger charge is 2.19. The second-order valence-electron chi connectivity index (χ2n) is 4.31. The predicted octanol–water partition coefficient (Wildman–Crippen LogP) is 0.953. The third-order valence-electron chi connectivity index (χ3n) is 2.46. The smallest absolute Gasteiger partial charge is 0.327 e. The van der Waals surface area contributed by atoms with E-state index in [2.05, 4.69) is 10.6 Å². The minimum absolute atomic E-state index is 0.0316. The van der Waals surface area contributed by atoms with Crippen LogP contribution in [0.15, 0.2) is 29.2 Å². The number of hydrogen-bond donors (Lipinski definition) is 4. The van der Waals surface area contributed by atoms with E-state index in [1.165, 1.54) is 31.2 Å². The number of thiocarbonyl (C=S) groups is 1. The molecular formula is C12H14N2O6S3. The maximum absolute atomic E-state index is 11.0. The van der Waals surface area contributed by atoms with E-state index >= 15 is 0 Å². The zero-order valence-corrected chi connectivity index (χ0v) is 14.3. The number of thioether (sulfide) groups is 1. The van der Waals surface area contributed by atoms with Gasteiger partial charge in [0.15, 0.2) is 0 Å². The lowest BCUT2D eigenvalue weighted by atomic mass is 10.3. The standard InChI is InChI=1S/C12H14N2O6S3/c1-7(15)13-10(11(16)17)6-22-12(21)14-8-2-4-9(5-3-8)23(18,19)20/h2-5,10H,6H2,1H3,(H,13,15)(H,14,21)(H,16,17)(H,18,19,20). The molecule has 0 radical (unpaired) electrons. The predicted molar refractivity (Wildman–Crippen MR) is 90.2 cm³/mol. The van der Waals surface area contributed by atoms with Gasteiger partial charge in [0.05, 0.1) is 4.90 Å². The number of carboxylic acids is 1. The van der Waals surface area contributed by atoms with Crippen LogP contribution in [0.2, 0.25) is 0 Å². The molecular weight excluding hydrogens is 364 g/mol. The zero-order chi connectivity index (χ0) is 17.6. The molecule has 0 aliphatic rings. The summed E-state index contributed by atoms with van der Waals surface area (Å²) >= 11 is 6.06. The van der Waals surface area contributed by atoms with Gasteiger partial charge in [-0.25, -0.2) is 4.79 Å². The number of benzene rings is 1. The fraction of sp³-hybridized carbons (Fsp3) is 0.250. The van der Waals surface area contributed by atoms with Crippen molar-refractivity contribution < 1.29 is 27.7 Å². The van der Waals surface area contributed by atoms with Crippen LogP contribution in [0.3, 0.4) is 0 Å². The second kappa shape index (κ2) is 8.24. The van der Waals surface area contributed by atoms with Crippen LogP contribution in [-0.2, 0) is 19.7 Å². The Kier molecular flexibility index (Phi) is 6.94. The molecule has 0 saturated carbocycles. The minimum atomic E-state index is -4.26. The molecule has 0 bridgehead atoms. The highest BCUT2D eigenvalue weighted by Crippen LogP contribution is 2.16. The van der Waals surface area contributed by atoms with Gasteiger partial charge < -0.3 is 15.7 Å². The normalized spacial score (nSPS) is 12.3. The van der Waals surface area contributed by atoms with E-state index in [9.17, 15) is 18.0 Å². The molecule has 23 heavy (non-hydrogen) atoms. The summed E-state index contributed by atoms with van der Waals surface area (Å²) in [7, 11) is -4.26. The maximum atomic E-state index is 11.0. The van der Waals surface area contributed by atoms with Gasteiger partial charge >= 0.3 is 5.97 Å². The molecule has 1 rings (SSSR count). The summed E-state index contributed by atoms with van der Waals surface area (Å²) in [6.07, 6.45) is 0. The van der Waals surface area contributed by atoms with Crippen LogP contribution >= 0.6 is 24.0 Å². The first-order chi connectivity index (χ1) is 10.6. The molecule has 11 heteroatoms. The number of amides is 1. The Morgan fingerprint density at radius 3 is 2.30 bits per heavy atom. The fourth-order valence-corrected chi connectivity index (χ4v) is 2.98. The second-order valence-corrected chi connectivity index (χ2v) is 7.43. The Balaban J connectivity index is 2.59. The Labute approximate surface area is 142 Å². The first-order valence-electron chi connectivity index (χ1n) is 6.11. The number of aliphatic carboxylic acids is 1. The summed E-state index contributed by atoms with van der Waals surface area (Å²) in [6.45, 7) is 1.22. The Hall–Kier alpha value is -1.69. The largest absolute Gasteiger partial charge is 0.480 e. The molecule has 4 N–H and O–H groups in total. The Bertz CT molecular complexity index is 702. The van der Waals surface area contributed by atoms with Crippen LogP contribution in [0.25, 0.3) is 0 Å². The molecule has 8 nitrogen and oxygen atoms in total. The molecule has 0 aliphatic carbocycles. The van der Waals surface area contributed by atoms with Gasteiger partial charge in [-0.15, -0.1) is 0 Å². The minimum Gasteiger partial charge on any atom is -0.480 e. The van der Waals surface area contributed by atoms with Crippen molar-refractivity contribution in [2.45, 2.75) is 17.9 Å². The van der Waals surface area contributed by atoms with E-state index in [1.54, 1.807) is 0 Å². The van der Waals surface area contributed by atoms with Crippen LogP contribution in [0.4, 0.5) is 5.69 Å². The summed E-state index contributed by atoms with van der Waals surface area (Å²) in [6, 6.07) is 4.13. The van der Waals surface area contributed by atoms with E-state index in [4.69, 9.17) is 21.9 Å². The monoisotopic (exact) mass is 378 g/mol. The van der Waals surface area contributed by atoms with Crippen molar-refractivity contribution in [2.24, 2.45) is 0 Å². The van der Waals surface area contributed by atoms with Gasteiger partial charge in [-0.2, -0.15) is 8.42 Å². The van der Waals surface area contributed by atoms with Crippen LogP contribution < -0.4 is 10.6 Å². The van der Waals surface area contributed by atoms with Crippen LogP contribution in [0.1, 0.15) is 6.92 Å². The molecule has 1 aromatic carbocycles. The first kappa shape index (κ1) is 19.4. The van der Waals surface area contributed by atoms with Crippen molar-refractivity contribution in [3.05, 3.63) is 24.3 Å². The molecule has 0 spiro atoms. The number of carboxylic acid groups (broad SMARTS) is 1. The average Bonchev–Trinajstić information content (AvgIpc) is 2.42. The van der Waals surface area contributed by atoms with Crippen molar-refractivity contribution in [2.75, 3.05) is 11.1 Å². The topological polar surface area (TPSA) is 133 Å². The molecule has 0 fully saturated rings. The first-order valence-corrected chi connectivity index (χ1v) is 8.94. The van der Waals surface area contributed by atoms with Crippen molar-refractivity contribution in [3.63, 3.8) is 0 Å². The molecule has 1 aromatic rings. The van der Waals surface area contributed by atoms with Crippen LogP contribution in [-0.4, -0.2) is 46.1 Å². The summed E-state index contributed by atoms with van der Waals surface area (Å²) in [5.41, 5.74) is 0.473. The molecule has 0 aromatic heterocycles. The number of rotatable bonds is 6. The molecule has 0 heterocycles. The van der Waals surface area contributed by atoms with Gasteiger partial charge in [0.25, 0.3) is 10.1 Å². The number of hydrogen-bond acceptors (Lipinski definition) is 6. The lowest BCUT2D eigenvalue weighted by Gasteiger charge is -2.13. The van der Waals surface area contributed by atoms with Gasteiger partial charge in [0.1, 0.15) is 10.4 Å². The number of carbonyl (C=O) groups excluding carboxylic acids is 1. The SMILES string of the molecule is CC(=O)NC(CSC(=S)Nc1ccc(S(=O)(=O)O)cc1)C(=O)O.